The molecule has 0 aliphatic carbocycles. The fourth-order valence-electron chi connectivity index (χ4n) is 2.41. The van der Waals surface area contributed by atoms with Crippen LogP contribution in [0.15, 0.2) is 48.7 Å². The maximum atomic E-state index is 11.3. The van der Waals surface area contributed by atoms with Crippen molar-refractivity contribution in [3.63, 3.8) is 0 Å². The second-order valence-electron chi connectivity index (χ2n) is 4.76. The number of phenols is 1. The number of aromatic hydroxyl groups is 1. The molecule has 3 rings (SSSR count). The first-order chi connectivity index (χ1) is 10.6. The SMILES string of the molecule is COc1cc(C(=O)O)cc(-c2cccc3cccnc23)c1O. The molecule has 2 N–H and O–H groups in total. The fraction of sp³-hybridized carbons (Fsp3) is 0.0588. The zero-order chi connectivity index (χ0) is 15.7. The molecule has 110 valence electrons. The number of hydrogen-bond donors (Lipinski definition) is 2. The van der Waals surface area contributed by atoms with Gasteiger partial charge in [0.05, 0.1) is 18.2 Å². The van der Waals surface area contributed by atoms with Crippen molar-refractivity contribution in [2.75, 3.05) is 7.11 Å². The van der Waals surface area contributed by atoms with Crippen molar-refractivity contribution < 1.29 is 19.7 Å². The predicted molar refractivity (Wildman–Crippen MR) is 82.4 cm³/mol. The molecule has 0 saturated carbocycles. The summed E-state index contributed by atoms with van der Waals surface area (Å²) in [6.07, 6.45) is 1.65. The number of methoxy groups -OCH3 is 1. The van der Waals surface area contributed by atoms with E-state index in [1.54, 1.807) is 12.3 Å². The van der Waals surface area contributed by atoms with Gasteiger partial charge in [-0.15, -0.1) is 0 Å². The Kier molecular flexibility index (Phi) is 3.39. The third-order valence-electron chi connectivity index (χ3n) is 3.46. The van der Waals surface area contributed by atoms with Crippen molar-refractivity contribution in [3.05, 3.63) is 54.2 Å². The fourth-order valence-corrected chi connectivity index (χ4v) is 2.41. The molecular weight excluding hydrogens is 282 g/mol. The van der Waals surface area contributed by atoms with Crippen LogP contribution in [-0.4, -0.2) is 28.3 Å². The normalized spacial score (nSPS) is 10.6. The second kappa shape index (κ2) is 5.37. The molecule has 22 heavy (non-hydrogen) atoms. The molecule has 0 unspecified atom stereocenters. The van der Waals surface area contributed by atoms with Crippen molar-refractivity contribution in [2.24, 2.45) is 0 Å². The van der Waals surface area contributed by atoms with Gasteiger partial charge in [-0.25, -0.2) is 4.79 Å². The molecule has 0 amide bonds. The lowest BCUT2D eigenvalue weighted by atomic mass is 9.98. The maximum absolute atomic E-state index is 11.3. The molecule has 0 fully saturated rings. The summed E-state index contributed by atoms with van der Waals surface area (Å²) in [6, 6.07) is 12.0. The topological polar surface area (TPSA) is 79.7 Å². The van der Waals surface area contributed by atoms with Gasteiger partial charge in [0, 0.05) is 22.7 Å². The monoisotopic (exact) mass is 295 g/mol. The standard InChI is InChI=1S/C17H13NO4/c1-22-14-9-11(17(20)21)8-13(16(14)19)12-6-2-4-10-5-3-7-18-15(10)12/h2-9,19H,1H3,(H,20,21). The summed E-state index contributed by atoms with van der Waals surface area (Å²) >= 11 is 0. The Morgan fingerprint density at radius 1 is 1.14 bits per heavy atom. The van der Waals surface area contributed by atoms with Gasteiger partial charge in [-0.1, -0.05) is 24.3 Å². The van der Waals surface area contributed by atoms with Gasteiger partial charge in [0.15, 0.2) is 11.5 Å². The highest BCUT2D eigenvalue weighted by molar-refractivity contribution is 5.98. The van der Waals surface area contributed by atoms with Gasteiger partial charge in [-0.05, 0) is 18.2 Å². The van der Waals surface area contributed by atoms with E-state index in [0.717, 1.165) is 5.39 Å². The van der Waals surface area contributed by atoms with Gasteiger partial charge in [-0.2, -0.15) is 0 Å². The summed E-state index contributed by atoms with van der Waals surface area (Å²) in [5, 5.41) is 20.5. The first kappa shape index (κ1) is 13.9. The highest BCUT2D eigenvalue weighted by atomic mass is 16.5. The van der Waals surface area contributed by atoms with E-state index in [2.05, 4.69) is 4.98 Å². The number of fused-ring (bicyclic) bond motifs is 1. The lowest BCUT2D eigenvalue weighted by molar-refractivity contribution is 0.0696. The molecule has 1 heterocycles. The Bertz CT molecular complexity index is 868. The van der Waals surface area contributed by atoms with E-state index in [0.29, 0.717) is 16.6 Å². The molecule has 0 atom stereocenters. The number of benzene rings is 2. The molecule has 5 nitrogen and oxygen atoms in total. The number of rotatable bonds is 3. The third-order valence-corrected chi connectivity index (χ3v) is 3.46. The molecule has 0 aliphatic heterocycles. The lowest BCUT2D eigenvalue weighted by Crippen LogP contribution is -1.99. The number of carbonyl (C=O) groups is 1. The summed E-state index contributed by atoms with van der Waals surface area (Å²) in [5.74, 6) is -1.08. The Labute approximate surface area is 126 Å². The molecule has 0 spiro atoms. The third kappa shape index (κ3) is 2.22. The van der Waals surface area contributed by atoms with E-state index in [9.17, 15) is 15.0 Å². The number of hydrogen-bond acceptors (Lipinski definition) is 4. The van der Waals surface area contributed by atoms with E-state index in [1.807, 2.05) is 24.3 Å². The quantitative estimate of drug-likeness (QED) is 0.775. The number of para-hydroxylation sites is 1. The van der Waals surface area contributed by atoms with Crippen LogP contribution < -0.4 is 4.74 Å². The molecule has 0 radical (unpaired) electrons. The summed E-state index contributed by atoms with van der Waals surface area (Å²) in [5.41, 5.74) is 1.75. The molecule has 0 bridgehead atoms. The Morgan fingerprint density at radius 3 is 2.64 bits per heavy atom. The van der Waals surface area contributed by atoms with Crippen LogP contribution in [0.3, 0.4) is 0 Å². The first-order valence-electron chi connectivity index (χ1n) is 6.60. The van der Waals surface area contributed by atoms with Crippen molar-refractivity contribution in [2.45, 2.75) is 0 Å². The van der Waals surface area contributed by atoms with Gasteiger partial charge in [-0.3, -0.25) is 4.98 Å². The highest BCUT2D eigenvalue weighted by Gasteiger charge is 2.17. The van der Waals surface area contributed by atoms with Crippen LogP contribution in [0, 0.1) is 0 Å². The minimum absolute atomic E-state index is 0.0394. The van der Waals surface area contributed by atoms with Crippen molar-refractivity contribution in [1.29, 1.82) is 0 Å². The summed E-state index contributed by atoms with van der Waals surface area (Å²) in [6.45, 7) is 0. The second-order valence-corrected chi connectivity index (χ2v) is 4.76. The number of aromatic nitrogens is 1. The number of pyridine rings is 1. The van der Waals surface area contributed by atoms with Gasteiger partial charge in [0.25, 0.3) is 0 Å². The number of carboxylic acids is 1. The molecular formula is C17H13NO4. The van der Waals surface area contributed by atoms with Crippen LogP contribution in [-0.2, 0) is 0 Å². The van der Waals surface area contributed by atoms with Crippen LogP contribution in [0.5, 0.6) is 11.5 Å². The summed E-state index contributed by atoms with van der Waals surface area (Å²) < 4.78 is 5.08. The molecule has 2 aromatic carbocycles. The average Bonchev–Trinajstić information content (AvgIpc) is 2.54. The molecule has 0 saturated heterocycles. The maximum Gasteiger partial charge on any atom is 0.335 e. The minimum atomic E-state index is -1.09. The largest absolute Gasteiger partial charge is 0.504 e. The zero-order valence-electron chi connectivity index (χ0n) is 11.8. The van der Waals surface area contributed by atoms with Crippen molar-refractivity contribution in [3.8, 4) is 22.6 Å². The zero-order valence-corrected chi connectivity index (χ0v) is 11.8. The number of aromatic carboxylic acids is 1. The van der Waals surface area contributed by atoms with E-state index in [-0.39, 0.29) is 17.1 Å². The molecule has 1 aromatic heterocycles. The highest BCUT2D eigenvalue weighted by Crippen LogP contribution is 2.40. The van der Waals surface area contributed by atoms with E-state index in [4.69, 9.17) is 4.74 Å². The van der Waals surface area contributed by atoms with Gasteiger partial charge < -0.3 is 14.9 Å². The van der Waals surface area contributed by atoms with E-state index < -0.39 is 5.97 Å². The average molecular weight is 295 g/mol. The lowest BCUT2D eigenvalue weighted by Gasteiger charge is -2.12. The molecule has 5 heteroatoms. The smallest absolute Gasteiger partial charge is 0.335 e. The van der Waals surface area contributed by atoms with Crippen LogP contribution in [0.1, 0.15) is 10.4 Å². The number of nitrogens with zero attached hydrogens (tertiary/aromatic N) is 1. The predicted octanol–water partition coefficient (Wildman–Crippen LogP) is 3.31. The van der Waals surface area contributed by atoms with Crippen LogP contribution >= 0.6 is 0 Å². The Balaban J connectivity index is 2.35. The van der Waals surface area contributed by atoms with Crippen LogP contribution in [0.2, 0.25) is 0 Å². The molecule has 0 aliphatic rings. The Hall–Kier alpha value is -3.08. The van der Waals surface area contributed by atoms with Crippen molar-refractivity contribution >= 4 is 16.9 Å². The van der Waals surface area contributed by atoms with Gasteiger partial charge >= 0.3 is 5.97 Å². The summed E-state index contributed by atoms with van der Waals surface area (Å²) in [4.78, 5) is 15.6. The van der Waals surface area contributed by atoms with E-state index in [1.165, 1.54) is 19.2 Å². The summed E-state index contributed by atoms with van der Waals surface area (Å²) in [7, 11) is 1.38. The van der Waals surface area contributed by atoms with Crippen LogP contribution in [0.25, 0.3) is 22.0 Å². The van der Waals surface area contributed by atoms with Crippen LogP contribution in [0.4, 0.5) is 0 Å². The first-order valence-corrected chi connectivity index (χ1v) is 6.60. The number of ether oxygens (including phenoxy) is 1. The van der Waals surface area contributed by atoms with E-state index >= 15 is 0 Å². The Morgan fingerprint density at radius 2 is 1.91 bits per heavy atom. The molecule has 3 aromatic rings. The van der Waals surface area contributed by atoms with Gasteiger partial charge in [0.2, 0.25) is 0 Å². The number of carboxylic acid groups (broad SMARTS) is 1. The number of phenolic OH excluding ortho intramolecular Hbond substituents is 1. The minimum Gasteiger partial charge on any atom is -0.504 e. The van der Waals surface area contributed by atoms with Crippen molar-refractivity contribution in [1.82, 2.24) is 4.98 Å². The van der Waals surface area contributed by atoms with Gasteiger partial charge in [0.1, 0.15) is 0 Å².